The maximum atomic E-state index is 12.6. The fourth-order valence-corrected chi connectivity index (χ4v) is 2.80. The molecule has 1 aliphatic heterocycles. The molecule has 5 nitrogen and oxygen atoms in total. The third kappa shape index (κ3) is 4.45. The lowest BCUT2D eigenvalue weighted by Crippen LogP contribution is -2.57. The van der Waals surface area contributed by atoms with E-state index in [0.29, 0.717) is 26.3 Å². The molecule has 23 heavy (non-hydrogen) atoms. The molecule has 1 heterocycles. The molecule has 1 saturated heterocycles. The summed E-state index contributed by atoms with van der Waals surface area (Å²) < 4.78 is 10.7. The molecule has 0 radical (unpaired) electrons. The number of amides is 1. The summed E-state index contributed by atoms with van der Waals surface area (Å²) in [5.74, 6) is 0.970. The highest BCUT2D eigenvalue weighted by molar-refractivity contribution is 5.78. The number of hydrogen-bond acceptors (Lipinski definition) is 4. The maximum Gasteiger partial charge on any atom is 0.236 e. The minimum Gasteiger partial charge on any atom is -0.497 e. The van der Waals surface area contributed by atoms with E-state index in [-0.39, 0.29) is 11.4 Å². The molecular formula is C18H28N2O3. The van der Waals surface area contributed by atoms with Crippen LogP contribution in [0.4, 0.5) is 0 Å². The van der Waals surface area contributed by atoms with Crippen LogP contribution in [0.3, 0.4) is 0 Å². The van der Waals surface area contributed by atoms with E-state index in [2.05, 4.69) is 18.7 Å². The van der Waals surface area contributed by atoms with Crippen molar-refractivity contribution in [2.24, 2.45) is 0 Å². The standard InChI is InChI=1S/C18H28N2O3/c1-5-18(2)14-23-11-10-20(18)13-17(21)19(3)12-15-6-8-16(22-4)9-7-15/h6-9H,5,10-14H2,1-4H3/t18-/m1/s1. The number of methoxy groups -OCH3 is 1. The highest BCUT2D eigenvalue weighted by Gasteiger charge is 2.35. The van der Waals surface area contributed by atoms with Crippen LogP contribution in [0.15, 0.2) is 24.3 Å². The molecule has 1 amide bonds. The number of morpholine rings is 1. The van der Waals surface area contributed by atoms with Gasteiger partial charge in [-0.05, 0) is 31.0 Å². The highest BCUT2D eigenvalue weighted by Crippen LogP contribution is 2.23. The van der Waals surface area contributed by atoms with Crippen LogP contribution in [0.25, 0.3) is 0 Å². The van der Waals surface area contributed by atoms with E-state index in [1.54, 1.807) is 12.0 Å². The molecule has 5 heteroatoms. The number of carbonyl (C=O) groups is 1. The summed E-state index contributed by atoms with van der Waals surface area (Å²) in [7, 11) is 3.51. The fraction of sp³-hybridized carbons (Fsp3) is 0.611. The molecule has 1 atom stereocenters. The average molecular weight is 320 g/mol. The Morgan fingerprint density at radius 2 is 2.09 bits per heavy atom. The first-order valence-electron chi connectivity index (χ1n) is 8.18. The van der Waals surface area contributed by atoms with Gasteiger partial charge in [-0.2, -0.15) is 0 Å². The molecule has 0 N–H and O–H groups in total. The zero-order valence-corrected chi connectivity index (χ0v) is 14.7. The Labute approximate surface area is 139 Å². The van der Waals surface area contributed by atoms with Gasteiger partial charge in [0.05, 0.1) is 26.9 Å². The Hall–Kier alpha value is -1.59. The second-order valence-electron chi connectivity index (χ2n) is 6.42. The van der Waals surface area contributed by atoms with E-state index >= 15 is 0 Å². The molecule has 2 rings (SSSR count). The molecular weight excluding hydrogens is 292 g/mol. The smallest absolute Gasteiger partial charge is 0.236 e. The van der Waals surface area contributed by atoms with Crippen LogP contribution in [-0.2, 0) is 16.1 Å². The lowest BCUT2D eigenvalue weighted by atomic mass is 9.96. The van der Waals surface area contributed by atoms with Crippen molar-refractivity contribution in [1.29, 1.82) is 0 Å². The van der Waals surface area contributed by atoms with Gasteiger partial charge in [0.2, 0.25) is 5.91 Å². The topological polar surface area (TPSA) is 42.0 Å². The van der Waals surface area contributed by atoms with Crippen molar-refractivity contribution >= 4 is 5.91 Å². The Kier molecular flexibility index (Phi) is 6.02. The van der Waals surface area contributed by atoms with Crippen molar-refractivity contribution < 1.29 is 14.3 Å². The van der Waals surface area contributed by atoms with E-state index in [1.165, 1.54) is 0 Å². The van der Waals surface area contributed by atoms with E-state index in [0.717, 1.165) is 24.3 Å². The lowest BCUT2D eigenvalue weighted by molar-refractivity contribution is -0.137. The molecule has 0 aromatic heterocycles. The van der Waals surface area contributed by atoms with Crippen LogP contribution < -0.4 is 4.74 Å². The van der Waals surface area contributed by atoms with Crippen molar-refractivity contribution in [1.82, 2.24) is 9.80 Å². The summed E-state index contributed by atoms with van der Waals surface area (Å²) >= 11 is 0. The van der Waals surface area contributed by atoms with Crippen LogP contribution in [0.5, 0.6) is 5.75 Å². The van der Waals surface area contributed by atoms with Crippen molar-refractivity contribution in [3.63, 3.8) is 0 Å². The second-order valence-corrected chi connectivity index (χ2v) is 6.42. The van der Waals surface area contributed by atoms with Crippen LogP contribution in [0, 0.1) is 0 Å². The van der Waals surface area contributed by atoms with Crippen molar-refractivity contribution in [2.45, 2.75) is 32.4 Å². The number of ether oxygens (including phenoxy) is 2. The number of benzene rings is 1. The van der Waals surface area contributed by atoms with Crippen molar-refractivity contribution in [3.05, 3.63) is 29.8 Å². The second kappa shape index (κ2) is 7.79. The SMILES string of the molecule is CC[C@]1(C)COCCN1CC(=O)N(C)Cc1ccc(OC)cc1. The zero-order chi connectivity index (χ0) is 16.9. The van der Waals surface area contributed by atoms with Crippen LogP contribution in [0.1, 0.15) is 25.8 Å². The lowest BCUT2D eigenvalue weighted by Gasteiger charge is -2.44. The quantitative estimate of drug-likeness (QED) is 0.805. The van der Waals surface area contributed by atoms with Gasteiger partial charge in [0.25, 0.3) is 0 Å². The minimum atomic E-state index is -0.0468. The number of rotatable bonds is 6. The van der Waals surface area contributed by atoms with Gasteiger partial charge in [-0.15, -0.1) is 0 Å². The van der Waals surface area contributed by atoms with Gasteiger partial charge in [0, 0.05) is 25.7 Å². The first kappa shape index (κ1) is 17.8. The van der Waals surface area contributed by atoms with Gasteiger partial charge in [0.1, 0.15) is 5.75 Å². The van der Waals surface area contributed by atoms with E-state index < -0.39 is 0 Å². The van der Waals surface area contributed by atoms with Crippen molar-refractivity contribution in [3.8, 4) is 5.75 Å². The fourth-order valence-electron chi connectivity index (χ4n) is 2.80. The highest BCUT2D eigenvalue weighted by atomic mass is 16.5. The molecule has 0 unspecified atom stereocenters. The van der Waals surface area contributed by atoms with Gasteiger partial charge in [-0.1, -0.05) is 19.1 Å². The molecule has 0 aliphatic carbocycles. The normalized spacial score (nSPS) is 21.9. The zero-order valence-electron chi connectivity index (χ0n) is 14.7. The van der Waals surface area contributed by atoms with E-state index in [9.17, 15) is 4.79 Å². The number of likely N-dealkylation sites (N-methyl/N-ethyl adjacent to an activating group) is 1. The van der Waals surface area contributed by atoms with Gasteiger partial charge in [0.15, 0.2) is 0 Å². The average Bonchev–Trinajstić information content (AvgIpc) is 2.57. The maximum absolute atomic E-state index is 12.6. The predicted octanol–water partition coefficient (Wildman–Crippen LogP) is 2.15. The molecule has 1 aliphatic rings. The number of hydrogen-bond donors (Lipinski definition) is 0. The monoisotopic (exact) mass is 320 g/mol. The van der Waals surface area contributed by atoms with E-state index in [4.69, 9.17) is 9.47 Å². The Morgan fingerprint density at radius 3 is 2.70 bits per heavy atom. The Balaban J connectivity index is 1.93. The summed E-state index contributed by atoms with van der Waals surface area (Å²) in [6.45, 7) is 7.57. The summed E-state index contributed by atoms with van der Waals surface area (Å²) in [4.78, 5) is 16.6. The number of nitrogens with zero attached hydrogens (tertiary/aromatic N) is 2. The molecule has 0 spiro atoms. The Bertz CT molecular complexity index is 518. The summed E-state index contributed by atoms with van der Waals surface area (Å²) in [5.41, 5.74) is 1.05. The van der Waals surface area contributed by atoms with Gasteiger partial charge >= 0.3 is 0 Å². The molecule has 0 saturated carbocycles. The molecule has 1 aromatic rings. The van der Waals surface area contributed by atoms with Crippen LogP contribution in [0.2, 0.25) is 0 Å². The molecule has 0 bridgehead atoms. The van der Waals surface area contributed by atoms with Crippen LogP contribution in [-0.4, -0.2) is 61.7 Å². The number of carbonyl (C=O) groups excluding carboxylic acids is 1. The third-order valence-electron chi connectivity index (χ3n) is 4.77. The third-order valence-corrected chi connectivity index (χ3v) is 4.77. The molecule has 1 aromatic carbocycles. The van der Waals surface area contributed by atoms with Gasteiger partial charge < -0.3 is 14.4 Å². The van der Waals surface area contributed by atoms with E-state index in [1.807, 2.05) is 31.3 Å². The molecule has 128 valence electrons. The summed E-state index contributed by atoms with van der Waals surface area (Å²) in [6.07, 6.45) is 0.975. The first-order chi connectivity index (χ1) is 11.0. The molecule has 1 fully saturated rings. The summed E-state index contributed by atoms with van der Waals surface area (Å²) in [6, 6.07) is 7.83. The Morgan fingerprint density at radius 1 is 1.39 bits per heavy atom. The van der Waals surface area contributed by atoms with Gasteiger partial charge in [-0.25, -0.2) is 0 Å². The first-order valence-corrected chi connectivity index (χ1v) is 8.18. The summed E-state index contributed by atoms with van der Waals surface area (Å²) in [5, 5.41) is 0. The van der Waals surface area contributed by atoms with Crippen molar-refractivity contribution in [2.75, 3.05) is 40.5 Å². The van der Waals surface area contributed by atoms with Gasteiger partial charge in [-0.3, -0.25) is 9.69 Å². The minimum absolute atomic E-state index is 0.0468. The predicted molar refractivity (Wildman–Crippen MR) is 90.6 cm³/mol. The van der Waals surface area contributed by atoms with Crippen LogP contribution >= 0.6 is 0 Å². The largest absolute Gasteiger partial charge is 0.497 e.